The average molecular weight is 290 g/mol. The fourth-order valence-corrected chi connectivity index (χ4v) is 2.53. The number of hydrogen-bond acceptors (Lipinski definition) is 0. The number of nitrogens with zero attached hydrogens (tertiary/aromatic N) is 1. The van der Waals surface area contributed by atoms with Crippen LogP contribution in [0.1, 0.15) is 79.0 Å². The Morgan fingerprint density at radius 3 is 1.25 bits per heavy atom. The second-order valence-corrected chi connectivity index (χ2v) is 8.97. The molecule has 0 aromatic heterocycles. The van der Waals surface area contributed by atoms with Gasteiger partial charge in [0, 0.05) is 0 Å². The van der Waals surface area contributed by atoms with Gasteiger partial charge in [-0.25, -0.2) is 0 Å². The SMILES string of the molecule is CC(C)(C)c1cc(C(C)(C)C)c([N+]#P)c(C(C)(C)C)c1. The Bertz CT molecular complexity index is 508. The zero-order valence-corrected chi connectivity index (χ0v) is 15.4. The van der Waals surface area contributed by atoms with Crippen molar-refractivity contribution in [3.05, 3.63) is 33.4 Å². The van der Waals surface area contributed by atoms with Gasteiger partial charge in [-0.05, 0) is 0 Å². The van der Waals surface area contributed by atoms with E-state index in [1.165, 1.54) is 16.7 Å². The molecule has 0 spiro atoms. The van der Waals surface area contributed by atoms with Crippen LogP contribution in [0.5, 0.6) is 0 Å². The standard InChI is InChI=1S/C18H29NP/c1-16(2,3)12-10-13(17(4,5)6)15(19-20)14(11-12)18(7,8)9/h10-11H,1-9H3/q+1. The molecule has 0 heterocycles. The van der Waals surface area contributed by atoms with Gasteiger partial charge >= 0.3 is 127 Å². The molecule has 0 atom stereocenters. The fraction of sp³-hybridized carbons (Fsp3) is 0.667. The average Bonchev–Trinajstić information content (AvgIpc) is 2.23. The van der Waals surface area contributed by atoms with Crippen molar-refractivity contribution in [2.75, 3.05) is 0 Å². The summed E-state index contributed by atoms with van der Waals surface area (Å²) in [6, 6.07) is 4.62. The van der Waals surface area contributed by atoms with Crippen LogP contribution in [0.4, 0.5) is 5.69 Å². The zero-order valence-electron chi connectivity index (χ0n) is 14.5. The van der Waals surface area contributed by atoms with Crippen LogP contribution in [0.2, 0.25) is 0 Å². The molecule has 0 unspecified atom stereocenters. The van der Waals surface area contributed by atoms with Crippen LogP contribution >= 0.6 is 8.88 Å². The monoisotopic (exact) mass is 290 g/mol. The molecule has 0 aliphatic heterocycles. The minimum atomic E-state index is 0.0584. The Morgan fingerprint density at radius 1 is 0.700 bits per heavy atom. The van der Waals surface area contributed by atoms with Crippen molar-refractivity contribution >= 4 is 14.6 Å². The Labute approximate surface area is 127 Å². The zero-order chi connectivity index (χ0) is 15.9. The van der Waals surface area contributed by atoms with Crippen LogP contribution in [-0.4, -0.2) is 0 Å². The molecule has 0 saturated heterocycles. The van der Waals surface area contributed by atoms with Crippen LogP contribution in [-0.2, 0) is 16.2 Å². The molecule has 0 fully saturated rings. The normalized spacial score (nSPS) is 13.2. The van der Waals surface area contributed by atoms with E-state index in [9.17, 15) is 0 Å². The van der Waals surface area contributed by atoms with E-state index in [1.807, 2.05) is 0 Å². The van der Waals surface area contributed by atoms with Gasteiger partial charge in [0.15, 0.2) is 0 Å². The van der Waals surface area contributed by atoms with Gasteiger partial charge in [-0.15, -0.1) is 0 Å². The van der Waals surface area contributed by atoms with E-state index in [1.54, 1.807) is 0 Å². The third kappa shape index (κ3) is 3.72. The van der Waals surface area contributed by atoms with E-state index in [2.05, 4.69) is 87.9 Å². The molecule has 1 rings (SSSR count). The van der Waals surface area contributed by atoms with Crippen LogP contribution < -0.4 is 0 Å². The third-order valence-electron chi connectivity index (χ3n) is 3.69. The first kappa shape index (κ1) is 17.4. The van der Waals surface area contributed by atoms with Crippen LogP contribution in [0.15, 0.2) is 12.1 Å². The first-order valence-corrected chi connectivity index (χ1v) is 7.73. The molecule has 110 valence electrons. The second kappa shape index (κ2) is 5.28. The maximum atomic E-state index is 4.32. The Balaban J connectivity index is 3.81. The van der Waals surface area contributed by atoms with Crippen molar-refractivity contribution in [2.45, 2.75) is 78.6 Å². The fourth-order valence-electron chi connectivity index (χ4n) is 2.32. The molecule has 0 N–H and O–H groups in total. The molecule has 1 aromatic rings. The molecule has 1 nitrogen and oxygen atoms in total. The Kier molecular flexibility index (Phi) is 4.60. The number of rotatable bonds is 0. The molecule has 0 aliphatic carbocycles. The summed E-state index contributed by atoms with van der Waals surface area (Å²) in [5.74, 6) is 0. The summed E-state index contributed by atoms with van der Waals surface area (Å²) < 4.78 is 4.32. The van der Waals surface area contributed by atoms with Crippen molar-refractivity contribution < 1.29 is 0 Å². The van der Waals surface area contributed by atoms with E-state index in [0.717, 1.165) is 5.69 Å². The first-order valence-electron chi connectivity index (χ1n) is 7.33. The van der Waals surface area contributed by atoms with E-state index in [-0.39, 0.29) is 16.2 Å². The van der Waals surface area contributed by atoms with Gasteiger partial charge in [0.2, 0.25) is 0 Å². The van der Waals surface area contributed by atoms with Crippen molar-refractivity contribution in [3.63, 3.8) is 0 Å². The summed E-state index contributed by atoms with van der Waals surface area (Å²) in [6.45, 7) is 20.2. The van der Waals surface area contributed by atoms with Crippen molar-refractivity contribution in [1.82, 2.24) is 0 Å². The molecule has 20 heavy (non-hydrogen) atoms. The Hall–Kier alpha value is -0.640. The Morgan fingerprint density at radius 2 is 1.05 bits per heavy atom. The molecular weight excluding hydrogens is 261 g/mol. The van der Waals surface area contributed by atoms with Crippen molar-refractivity contribution in [1.29, 1.82) is 0 Å². The first-order chi connectivity index (χ1) is 8.78. The van der Waals surface area contributed by atoms with Crippen LogP contribution in [0.3, 0.4) is 0 Å². The summed E-state index contributed by atoms with van der Waals surface area (Å²) in [4.78, 5) is 0. The molecule has 0 radical (unpaired) electrons. The quantitative estimate of drug-likeness (QED) is 0.457. The van der Waals surface area contributed by atoms with E-state index < -0.39 is 0 Å². The molecular formula is C18H29NP+. The van der Waals surface area contributed by atoms with E-state index in [4.69, 9.17) is 0 Å². The molecule has 0 saturated carbocycles. The van der Waals surface area contributed by atoms with Gasteiger partial charge in [0.1, 0.15) is 0 Å². The van der Waals surface area contributed by atoms with Gasteiger partial charge in [0.05, 0.1) is 0 Å². The summed E-state index contributed by atoms with van der Waals surface area (Å²) >= 11 is 0. The summed E-state index contributed by atoms with van der Waals surface area (Å²) in [6.07, 6.45) is 0. The van der Waals surface area contributed by atoms with Gasteiger partial charge in [-0.1, -0.05) is 0 Å². The summed E-state index contributed by atoms with van der Waals surface area (Å²) in [7, 11) is 4.25. The molecule has 2 heteroatoms. The number of benzene rings is 1. The number of hydrogen-bond donors (Lipinski definition) is 0. The van der Waals surface area contributed by atoms with Crippen molar-refractivity contribution in [3.8, 4) is 0 Å². The van der Waals surface area contributed by atoms with Gasteiger partial charge in [-0.2, -0.15) is 0 Å². The predicted octanol–water partition coefficient (Wildman–Crippen LogP) is 6.91. The molecule has 0 bridgehead atoms. The maximum absolute atomic E-state index is 4.32. The molecule has 0 aliphatic rings. The molecule has 0 amide bonds. The predicted molar refractivity (Wildman–Crippen MR) is 92.5 cm³/mol. The molecule has 1 aromatic carbocycles. The summed E-state index contributed by atoms with van der Waals surface area (Å²) in [5, 5.41) is 0. The summed E-state index contributed by atoms with van der Waals surface area (Å²) in [5.41, 5.74) is 5.23. The van der Waals surface area contributed by atoms with Gasteiger partial charge in [-0.3, -0.25) is 0 Å². The minimum absolute atomic E-state index is 0.0584. The topological polar surface area (TPSA) is 4.36 Å². The third-order valence-corrected chi connectivity index (χ3v) is 3.89. The van der Waals surface area contributed by atoms with E-state index >= 15 is 0 Å². The second-order valence-electron chi connectivity index (χ2n) is 8.77. The van der Waals surface area contributed by atoms with Crippen LogP contribution in [0, 0.1) is 0 Å². The van der Waals surface area contributed by atoms with Crippen LogP contribution in [0.25, 0.3) is 4.59 Å². The van der Waals surface area contributed by atoms with E-state index in [0.29, 0.717) is 0 Å². The van der Waals surface area contributed by atoms with Gasteiger partial charge in [0.25, 0.3) is 0 Å². The van der Waals surface area contributed by atoms with Gasteiger partial charge < -0.3 is 0 Å². The van der Waals surface area contributed by atoms with Crippen molar-refractivity contribution in [2.24, 2.45) is 0 Å².